The van der Waals surface area contributed by atoms with Crippen molar-refractivity contribution in [2.24, 2.45) is 10.7 Å². The van der Waals surface area contributed by atoms with Gasteiger partial charge in [0.1, 0.15) is 5.01 Å². The van der Waals surface area contributed by atoms with E-state index in [1.54, 1.807) is 18.4 Å². The van der Waals surface area contributed by atoms with Gasteiger partial charge in [-0.15, -0.1) is 35.3 Å². The van der Waals surface area contributed by atoms with E-state index in [9.17, 15) is 0 Å². The molecule has 1 aromatic heterocycles. The molecular formula is C10H19IN4OS. The van der Waals surface area contributed by atoms with Crippen molar-refractivity contribution >= 4 is 41.3 Å². The summed E-state index contributed by atoms with van der Waals surface area (Å²) >= 11 is 1.57. The second-order valence-corrected chi connectivity index (χ2v) is 4.61. The Bertz CT molecular complexity index is 354. The van der Waals surface area contributed by atoms with Crippen molar-refractivity contribution in [1.29, 1.82) is 0 Å². The van der Waals surface area contributed by atoms with Crippen LogP contribution in [0.2, 0.25) is 0 Å². The van der Waals surface area contributed by atoms with Crippen LogP contribution in [0.25, 0.3) is 0 Å². The zero-order valence-electron chi connectivity index (χ0n) is 10.3. The van der Waals surface area contributed by atoms with Gasteiger partial charge in [-0.2, -0.15) is 0 Å². The summed E-state index contributed by atoms with van der Waals surface area (Å²) < 4.78 is 4.99. The first-order chi connectivity index (χ1) is 7.61. The highest BCUT2D eigenvalue weighted by atomic mass is 127. The lowest BCUT2D eigenvalue weighted by Gasteiger charge is -2.07. The average molecular weight is 370 g/mol. The fourth-order valence-corrected chi connectivity index (χ4v) is 1.87. The number of guanidine groups is 1. The Hall–Kier alpha value is -0.410. The maximum absolute atomic E-state index is 5.68. The number of nitrogens with two attached hydrogens (primary N) is 1. The summed E-state index contributed by atoms with van der Waals surface area (Å²) in [5, 5.41) is 5.96. The van der Waals surface area contributed by atoms with Gasteiger partial charge in [-0.05, 0) is 13.8 Å². The molecule has 0 unspecified atom stereocenters. The molecule has 0 bridgehead atoms. The highest BCUT2D eigenvalue weighted by Gasteiger charge is 2.01. The van der Waals surface area contributed by atoms with Crippen molar-refractivity contribution < 1.29 is 4.74 Å². The highest BCUT2D eigenvalue weighted by Crippen LogP contribution is 2.11. The zero-order valence-corrected chi connectivity index (χ0v) is 13.4. The number of nitrogens with zero attached hydrogens (tertiary/aromatic N) is 2. The standard InChI is InChI=1S/C10H18N4OS.HI/c1-7(2)13-10(11)12-4-8-6-16-9(14-8)5-15-3;/h6-7H,4-5H2,1-3H3,(H3,11,12,13);1H. The van der Waals surface area contributed by atoms with Gasteiger partial charge in [-0.1, -0.05) is 0 Å². The lowest BCUT2D eigenvalue weighted by molar-refractivity contribution is 0.184. The minimum Gasteiger partial charge on any atom is -0.378 e. The minimum atomic E-state index is 0. The molecule has 0 fully saturated rings. The minimum absolute atomic E-state index is 0. The van der Waals surface area contributed by atoms with Gasteiger partial charge in [-0.3, -0.25) is 0 Å². The number of hydrogen-bond donors (Lipinski definition) is 2. The number of thiazole rings is 1. The van der Waals surface area contributed by atoms with Crippen molar-refractivity contribution in [3.63, 3.8) is 0 Å². The maximum Gasteiger partial charge on any atom is 0.189 e. The van der Waals surface area contributed by atoms with E-state index in [1.807, 2.05) is 19.2 Å². The monoisotopic (exact) mass is 370 g/mol. The molecule has 98 valence electrons. The van der Waals surface area contributed by atoms with E-state index >= 15 is 0 Å². The molecule has 5 nitrogen and oxygen atoms in total. The predicted molar refractivity (Wildman–Crippen MR) is 81.8 cm³/mol. The molecule has 0 amide bonds. The summed E-state index contributed by atoms with van der Waals surface area (Å²) in [6.45, 7) is 5.09. The number of methoxy groups -OCH3 is 1. The molecule has 1 rings (SSSR count). The number of aliphatic imine (C=N–C) groups is 1. The second-order valence-electron chi connectivity index (χ2n) is 3.67. The van der Waals surface area contributed by atoms with Crippen LogP contribution < -0.4 is 11.1 Å². The number of aromatic nitrogens is 1. The Kier molecular flexibility index (Phi) is 8.44. The topological polar surface area (TPSA) is 72.5 Å². The summed E-state index contributed by atoms with van der Waals surface area (Å²) in [7, 11) is 1.66. The Morgan fingerprint density at radius 1 is 1.65 bits per heavy atom. The van der Waals surface area contributed by atoms with Crippen molar-refractivity contribution in [3.8, 4) is 0 Å². The molecular weight excluding hydrogens is 351 g/mol. The van der Waals surface area contributed by atoms with E-state index in [0.717, 1.165) is 10.7 Å². The van der Waals surface area contributed by atoms with Crippen molar-refractivity contribution in [3.05, 3.63) is 16.1 Å². The molecule has 0 saturated heterocycles. The van der Waals surface area contributed by atoms with Crippen molar-refractivity contribution in [2.45, 2.75) is 33.0 Å². The van der Waals surface area contributed by atoms with Crippen LogP contribution in [0, 0.1) is 0 Å². The van der Waals surface area contributed by atoms with E-state index in [-0.39, 0.29) is 24.0 Å². The first-order valence-electron chi connectivity index (χ1n) is 5.10. The van der Waals surface area contributed by atoms with Crippen LogP contribution in [0.1, 0.15) is 24.5 Å². The third-order valence-electron chi connectivity index (χ3n) is 1.72. The zero-order chi connectivity index (χ0) is 12.0. The average Bonchev–Trinajstić information content (AvgIpc) is 2.62. The fraction of sp³-hybridized carbons (Fsp3) is 0.600. The van der Waals surface area contributed by atoms with Crippen molar-refractivity contribution in [1.82, 2.24) is 10.3 Å². The Morgan fingerprint density at radius 3 is 2.94 bits per heavy atom. The van der Waals surface area contributed by atoms with E-state index in [1.165, 1.54) is 0 Å². The largest absolute Gasteiger partial charge is 0.378 e. The second kappa shape index (κ2) is 8.65. The van der Waals surface area contributed by atoms with Crippen LogP contribution in [0.5, 0.6) is 0 Å². The lowest BCUT2D eigenvalue weighted by atomic mass is 10.4. The third kappa shape index (κ3) is 6.79. The van der Waals surface area contributed by atoms with E-state index in [0.29, 0.717) is 25.2 Å². The first kappa shape index (κ1) is 16.6. The van der Waals surface area contributed by atoms with Crippen LogP contribution in [-0.2, 0) is 17.9 Å². The molecule has 0 radical (unpaired) electrons. The van der Waals surface area contributed by atoms with Gasteiger partial charge in [0.2, 0.25) is 0 Å². The Labute approximate surface area is 123 Å². The molecule has 7 heteroatoms. The number of rotatable bonds is 5. The molecule has 0 aliphatic heterocycles. The summed E-state index contributed by atoms with van der Waals surface area (Å²) in [4.78, 5) is 8.55. The van der Waals surface area contributed by atoms with Crippen LogP contribution >= 0.6 is 35.3 Å². The predicted octanol–water partition coefficient (Wildman–Crippen LogP) is 1.72. The summed E-state index contributed by atoms with van der Waals surface area (Å²) in [6.07, 6.45) is 0. The van der Waals surface area contributed by atoms with Gasteiger partial charge < -0.3 is 15.8 Å². The number of halogens is 1. The molecule has 1 aromatic rings. The number of hydrogen-bond acceptors (Lipinski definition) is 4. The molecule has 3 N–H and O–H groups in total. The van der Waals surface area contributed by atoms with E-state index < -0.39 is 0 Å². The molecule has 0 spiro atoms. The van der Waals surface area contributed by atoms with E-state index in [4.69, 9.17) is 10.5 Å². The van der Waals surface area contributed by atoms with Crippen LogP contribution in [0.4, 0.5) is 0 Å². The Morgan fingerprint density at radius 2 is 2.35 bits per heavy atom. The smallest absolute Gasteiger partial charge is 0.189 e. The van der Waals surface area contributed by atoms with Gasteiger partial charge in [-0.25, -0.2) is 9.98 Å². The van der Waals surface area contributed by atoms with Gasteiger partial charge in [0.05, 0.1) is 18.8 Å². The highest BCUT2D eigenvalue weighted by molar-refractivity contribution is 14.0. The molecule has 17 heavy (non-hydrogen) atoms. The molecule has 0 aromatic carbocycles. The summed E-state index contributed by atoms with van der Waals surface area (Å²) in [5.74, 6) is 0.455. The van der Waals surface area contributed by atoms with Crippen LogP contribution in [0.3, 0.4) is 0 Å². The first-order valence-corrected chi connectivity index (χ1v) is 5.98. The van der Waals surface area contributed by atoms with Crippen molar-refractivity contribution in [2.75, 3.05) is 7.11 Å². The number of nitrogens with one attached hydrogen (secondary N) is 1. The normalized spacial score (nSPS) is 11.4. The SMILES string of the molecule is COCc1nc(CN=C(N)NC(C)C)cs1.I. The van der Waals surface area contributed by atoms with Gasteiger partial charge >= 0.3 is 0 Å². The lowest BCUT2D eigenvalue weighted by Crippen LogP contribution is -2.36. The molecule has 1 heterocycles. The molecule has 0 atom stereocenters. The maximum atomic E-state index is 5.68. The van der Waals surface area contributed by atoms with Gasteiger partial charge in [0.25, 0.3) is 0 Å². The van der Waals surface area contributed by atoms with Crippen LogP contribution in [-0.4, -0.2) is 24.1 Å². The van der Waals surface area contributed by atoms with Gasteiger partial charge in [0, 0.05) is 18.5 Å². The third-order valence-corrected chi connectivity index (χ3v) is 2.59. The molecule has 0 saturated carbocycles. The van der Waals surface area contributed by atoms with Gasteiger partial charge in [0.15, 0.2) is 5.96 Å². The Balaban J connectivity index is 0.00000256. The summed E-state index contributed by atoms with van der Waals surface area (Å²) in [6, 6.07) is 0.295. The van der Waals surface area contributed by atoms with Crippen LogP contribution in [0.15, 0.2) is 10.4 Å². The fourth-order valence-electron chi connectivity index (χ4n) is 1.12. The molecule has 0 aliphatic rings. The van der Waals surface area contributed by atoms with E-state index in [2.05, 4.69) is 15.3 Å². The molecule has 0 aliphatic carbocycles. The number of ether oxygens (including phenoxy) is 1. The summed E-state index contributed by atoms with van der Waals surface area (Å²) in [5.41, 5.74) is 6.60. The quantitative estimate of drug-likeness (QED) is 0.470.